The highest BCUT2D eigenvalue weighted by atomic mass is 16.5. The third-order valence-electron chi connectivity index (χ3n) is 3.24. The predicted molar refractivity (Wildman–Crippen MR) is 82.7 cm³/mol. The van der Waals surface area contributed by atoms with Crippen molar-refractivity contribution in [3.05, 3.63) is 57.3 Å². The van der Waals surface area contributed by atoms with Crippen LogP contribution in [0.25, 0.3) is 0 Å². The summed E-state index contributed by atoms with van der Waals surface area (Å²) in [6.07, 6.45) is 1.16. The fourth-order valence-electron chi connectivity index (χ4n) is 2.23. The SMILES string of the molecule is Cc1cccc(C)c1OCCc1nc(CCN)cc(=O)[nH]1. The maximum Gasteiger partial charge on any atom is 0.251 e. The molecule has 5 nitrogen and oxygen atoms in total. The van der Waals surface area contributed by atoms with Gasteiger partial charge in [-0.15, -0.1) is 0 Å². The minimum Gasteiger partial charge on any atom is -0.493 e. The van der Waals surface area contributed by atoms with E-state index in [4.69, 9.17) is 10.5 Å². The summed E-state index contributed by atoms with van der Waals surface area (Å²) in [6, 6.07) is 7.53. The molecule has 0 aliphatic heterocycles. The second-order valence-electron chi connectivity index (χ2n) is 5.04. The number of rotatable bonds is 6. The van der Waals surface area contributed by atoms with Gasteiger partial charge >= 0.3 is 0 Å². The van der Waals surface area contributed by atoms with E-state index in [9.17, 15) is 4.79 Å². The number of aromatic amines is 1. The zero-order valence-corrected chi connectivity index (χ0v) is 12.5. The largest absolute Gasteiger partial charge is 0.493 e. The number of nitrogens with one attached hydrogen (secondary N) is 1. The van der Waals surface area contributed by atoms with Gasteiger partial charge in [-0.2, -0.15) is 0 Å². The normalized spacial score (nSPS) is 10.6. The average molecular weight is 287 g/mol. The maximum absolute atomic E-state index is 11.6. The molecule has 0 spiro atoms. The monoisotopic (exact) mass is 287 g/mol. The molecule has 5 heteroatoms. The van der Waals surface area contributed by atoms with Gasteiger partial charge in [-0.1, -0.05) is 18.2 Å². The Kier molecular flexibility index (Phi) is 5.11. The van der Waals surface area contributed by atoms with Crippen LogP contribution < -0.4 is 16.0 Å². The van der Waals surface area contributed by atoms with Crippen LogP contribution >= 0.6 is 0 Å². The molecule has 0 aliphatic carbocycles. The van der Waals surface area contributed by atoms with E-state index in [-0.39, 0.29) is 5.56 Å². The second-order valence-corrected chi connectivity index (χ2v) is 5.04. The van der Waals surface area contributed by atoms with Gasteiger partial charge < -0.3 is 15.5 Å². The number of hydrogen-bond acceptors (Lipinski definition) is 4. The topological polar surface area (TPSA) is 81.0 Å². The molecule has 3 N–H and O–H groups in total. The minimum atomic E-state index is -0.143. The third-order valence-corrected chi connectivity index (χ3v) is 3.24. The summed E-state index contributed by atoms with van der Waals surface area (Å²) >= 11 is 0. The van der Waals surface area contributed by atoms with E-state index in [2.05, 4.69) is 9.97 Å². The lowest BCUT2D eigenvalue weighted by Crippen LogP contribution is -2.17. The van der Waals surface area contributed by atoms with Crippen LogP contribution in [0, 0.1) is 13.8 Å². The van der Waals surface area contributed by atoms with Crippen molar-refractivity contribution >= 4 is 0 Å². The number of H-pyrrole nitrogens is 1. The summed E-state index contributed by atoms with van der Waals surface area (Å²) < 4.78 is 5.82. The van der Waals surface area contributed by atoms with Crippen LogP contribution in [-0.2, 0) is 12.8 Å². The number of nitrogens with zero attached hydrogens (tertiary/aromatic N) is 1. The minimum absolute atomic E-state index is 0.143. The first-order valence-electron chi connectivity index (χ1n) is 7.08. The van der Waals surface area contributed by atoms with Gasteiger partial charge in [-0.25, -0.2) is 4.98 Å². The van der Waals surface area contributed by atoms with Crippen molar-refractivity contribution in [1.29, 1.82) is 0 Å². The van der Waals surface area contributed by atoms with Crippen LogP contribution in [0.1, 0.15) is 22.6 Å². The Bertz CT molecular complexity index is 645. The molecule has 0 amide bonds. The van der Waals surface area contributed by atoms with E-state index in [1.165, 1.54) is 6.07 Å². The molecule has 0 atom stereocenters. The number of nitrogens with two attached hydrogens (primary N) is 1. The van der Waals surface area contributed by atoms with Gasteiger partial charge in [0.05, 0.1) is 6.61 Å². The van der Waals surface area contributed by atoms with Gasteiger partial charge in [0.2, 0.25) is 0 Å². The van der Waals surface area contributed by atoms with Crippen molar-refractivity contribution < 1.29 is 4.74 Å². The molecule has 1 aromatic carbocycles. The smallest absolute Gasteiger partial charge is 0.251 e. The first-order valence-corrected chi connectivity index (χ1v) is 7.08. The first kappa shape index (κ1) is 15.3. The quantitative estimate of drug-likeness (QED) is 0.844. The molecule has 0 saturated heterocycles. The highest BCUT2D eigenvalue weighted by molar-refractivity contribution is 5.39. The molecule has 0 unspecified atom stereocenters. The summed E-state index contributed by atoms with van der Waals surface area (Å²) in [7, 11) is 0. The number of aromatic nitrogens is 2. The van der Waals surface area contributed by atoms with Crippen LogP contribution in [0.15, 0.2) is 29.1 Å². The van der Waals surface area contributed by atoms with E-state index < -0.39 is 0 Å². The Morgan fingerprint density at radius 1 is 1.24 bits per heavy atom. The maximum atomic E-state index is 11.6. The van der Waals surface area contributed by atoms with Crippen molar-refractivity contribution in [3.63, 3.8) is 0 Å². The van der Waals surface area contributed by atoms with Crippen molar-refractivity contribution in [2.75, 3.05) is 13.2 Å². The van der Waals surface area contributed by atoms with Crippen LogP contribution in [0.5, 0.6) is 5.75 Å². The zero-order chi connectivity index (χ0) is 15.2. The van der Waals surface area contributed by atoms with E-state index in [1.807, 2.05) is 32.0 Å². The lowest BCUT2D eigenvalue weighted by atomic mass is 10.1. The standard InChI is InChI=1S/C16H21N3O2/c1-11-4-3-5-12(2)16(11)21-9-7-14-18-13(6-8-17)10-15(20)19-14/h3-5,10H,6-9,17H2,1-2H3,(H,18,19,20). The Morgan fingerprint density at radius 2 is 1.95 bits per heavy atom. The molecule has 21 heavy (non-hydrogen) atoms. The van der Waals surface area contributed by atoms with Crippen LogP contribution in [0.2, 0.25) is 0 Å². The molecule has 2 aromatic rings. The van der Waals surface area contributed by atoms with Crippen molar-refractivity contribution in [1.82, 2.24) is 9.97 Å². The van der Waals surface area contributed by atoms with Gasteiger partial charge in [-0.3, -0.25) is 4.79 Å². The van der Waals surface area contributed by atoms with Crippen molar-refractivity contribution in [2.45, 2.75) is 26.7 Å². The molecule has 1 aromatic heterocycles. The molecular formula is C16H21N3O2. The lowest BCUT2D eigenvalue weighted by molar-refractivity contribution is 0.314. The van der Waals surface area contributed by atoms with Crippen molar-refractivity contribution in [2.24, 2.45) is 5.73 Å². The Hall–Kier alpha value is -2.14. The Morgan fingerprint density at radius 3 is 2.62 bits per heavy atom. The van der Waals surface area contributed by atoms with Crippen LogP contribution in [0.3, 0.4) is 0 Å². The van der Waals surface area contributed by atoms with Gasteiger partial charge in [0.25, 0.3) is 5.56 Å². The number of benzene rings is 1. The molecule has 0 saturated carbocycles. The summed E-state index contributed by atoms with van der Waals surface area (Å²) in [6.45, 7) is 4.99. The summed E-state index contributed by atoms with van der Waals surface area (Å²) in [5, 5.41) is 0. The summed E-state index contributed by atoms with van der Waals surface area (Å²) in [5.74, 6) is 1.54. The van der Waals surface area contributed by atoms with E-state index in [1.54, 1.807) is 0 Å². The molecule has 0 radical (unpaired) electrons. The second kappa shape index (κ2) is 7.04. The fourth-order valence-corrected chi connectivity index (χ4v) is 2.23. The fraction of sp³-hybridized carbons (Fsp3) is 0.375. The number of hydrogen-bond donors (Lipinski definition) is 2. The molecule has 2 rings (SSSR count). The average Bonchev–Trinajstić information content (AvgIpc) is 2.42. The molecule has 0 aliphatic rings. The summed E-state index contributed by atoms with van der Waals surface area (Å²) in [4.78, 5) is 18.7. The molecule has 112 valence electrons. The van der Waals surface area contributed by atoms with E-state index in [0.29, 0.717) is 31.8 Å². The first-order chi connectivity index (χ1) is 10.1. The Labute approximate surface area is 124 Å². The van der Waals surface area contributed by atoms with Gasteiger partial charge in [0.1, 0.15) is 11.6 Å². The lowest BCUT2D eigenvalue weighted by Gasteiger charge is -2.11. The molecule has 0 bridgehead atoms. The number of aryl methyl sites for hydroxylation is 2. The van der Waals surface area contributed by atoms with Gasteiger partial charge in [0, 0.05) is 24.6 Å². The van der Waals surface area contributed by atoms with Gasteiger partial charge in [-0.05, 0) is 31.5 Å². The molecular weight excluding hydrogens is 266 g/mol. The van der Waals surface area contributed by atoms with Gasteiger partial charge in [0.15, 0.2) is 0 Å². The van der Waals surface area contributed by atoms with E-state index >= 15 is 0 Å². The summed E-state index contributed by atoms with van der Waals surface area (Å²) in [5.41, 5.74) is 8.29. The van der Waals surface area contributed by atoms with E-state index in [0.717, 1.165) is 22.6 Å². The van der Waals surface area contributed by atoms with Crippen LogP contribution in [0.4, 0.5) is 0 Å². The molecule has 1 heterocycles. The molecule has 0 fully saturated rings. The highest BCUT2D eigenvalue weighted by Gasteiger charge is 2.05. The number of para-hydroxylation sites is 1. The third kappa shape index (κ3) is 4.16. The zero-order valence-electron chi connectivity index (χ0n) is 12.5. The Balaban J connectivity index is 2.02. The van der Waals surface area contributed by atoms with Crippen molar-refractivity contribution in [3.8, 4) is 5.75 Å². The van der Waals surface area contributed by atoms with Crippen LogP contribution in [-0.4, -0.2) is 23.1 Å². The highest BCUT2D eigenvalue weighted by Crippen LogP contribution is 2.22. The predicted octanol–water partition coefficient (Wildman–Crippen LogP) is 1.51. The number of ether oxygens (including phenoxy) is 1.